The molecule has 0 bridgehead atoms. The third-order valence-electron chi connectivity index (χ3n) is 1.57. The molecule has 10 heavy (non-hydrogen) atoms. The zero-order valence-electron chi connectivity index (χ0n) is 5.50. The lowest BCUT2D eigenvalue weighted by Crippen LogP contribution is -2.07. The van der Waals surface area contributed by atoms with Crippen LogP contribution in [0.5, 0.6) is 0 Å². The highest BCUT2D eigenvalue weighted by Crippen LogP contribution is 2.15. The minimum atomic E-state index is 0.976. The molecule has 0 radical (unpaired) electrons. The van der Waals surface area contributed by atoms with Gasteiger partial charge in [0.05, 0.1) is 11.2 Å². The van der Waals surface area contributed by atoms with Crippen LogP contribution in [0.1, 0.15) is 5.69 Å². The Morgan fingerprint density at radius 2 is 2.60 bits per heavy atom. The standard InChI is InChI=1S/C7H8N2S/c1-2-8-3-6(1)7-4-10-5-9-7/h1,4-5,8H,2-3H2. The number of nitrogens with one attached hydrogen (secondary N) is 1. The molecule has 1 aliphatic rings. The topological polar surface area (TPSA) is 24.9 Å². The molecule has 1 aliphatic heterocycles. The van der Waals surface area contributed by atoms with Crippen LogP contribution in [0, 0.1) is 0 Å². The van der Waals surface area contributed by atoms with Crippen molar-refractivity contribution in [3.63, 3.8) is 0 Å². The van der Waals surface area contributed by atoms with Crippen LogP contribution in [0.25, 0.3) is 5.57 Å². The van der Waals surface area contributed by atoms with E-state index in [1.807, 2.05) is 5.51 Å². The van der Waals surface area contributed by atoms with E-state index in [2.05, 4.69) is 21.8 Å². The molecule has 0 saturated heterocycles. The molecule has 0 atom stereocenters. The lowest BCUT2D eigenvalue weighted by molar-refractivity contribution is 0.896. The fraction of sp³-hybridized carbons (Fsp3) is 0.286. The summed E-state index contributed by atoms with van der Waals surface area (Å²) in [4.78, 5) is 4.21. The second-order valence-electron chi connectivity index (χ2n) is 2.23. The van der Waals surface area contributed by atoms with Crippen LogP contribution >= 0.6 is 11.3 Å². The van der Waals surface area contributed by atoms with Crippen LogP contribution in [-0.4, -0.2) is 18.1 Å². The van der Waals surface area contributed by atoms with Crippen LogP contribution in [0.15, 0.2) is 17.0 Å². The van der Waals surface area contributed by atoms with Crippen molar-refractivity contribution in [2.24, 2.45) is 0 Å². The van der Waals surface area contributed by atoms with Gasteiger partial charge in [-0.05, 0) is 5.57 Å². The number of thiazole rings is 1. The third-order valence-corrected chi connectivity index (χ3v) is 2.16. The Morgan fingerprint density at radius 1 is 1.60 bits per heavy atom. The Kier molecular flexibility index (Phi) is 1.53. The van der Waals surface area contributed by atoms with Crippen molar-refractivity contribution in [3.8, 4) is 0 Å². The Labute approximate surface area is 63.6 Å². The van der Waals surface area contributed by atoms with Gasteiger partial charge < -0.3 is 5.32 Å². The van der Waals surface area contributed by atoms with Crippen LogP contribution < -0.4 is 5.32 Å². The summed E-state index contributed by atoms with van der Waals surface area (Å²) in [5, 5.41) is 5.31. The van der Waals surface area contributed by atoms with Gasteiger partial charge in [0.1, 0.15) is 0 Å². The zero-order chi connectivity index (χ0) is 6.81. The smallest absolute Gasteiger partial charge is 0.0798 e. The van der Waals surface area contributed by atoms with Crippen molar-refractivity contribution in [2.45, 2.75) is 0 Å². The number of hydrogen-bond acceptors (Lipinski definition) is 3. The highest BCUT2D eigenvalue weighted by molar-refractivity contribution is 7.07. The van der Waals surface area contributed by atoms with E-state index in [0.29, 0.717) is 0 Å². The van der Waals surface area contributed by atoms with Gasteiger partial charge in [0.25, 0.3) is 0 Å². The first-order valence-corrected chi connectivity index (χ1v) is 4.19. The third kappa shape index (κ3) is 0.978. The predicted octanol–water partition coefficient (Wildman–Crippen LogP) is 1.13. The molecule has 2 rings (SSSR count). The normalized spacial score (nSPS) is 17.4. The van der Waals surface area contributed by atoms with Gasteiger partial charge in [0, 0.05) is 18.5 Å². The van der Waals surface area contributed by atoms with Crippen molar-refractivity contribution in [2.75, 3.05) is 13.1 Å². The maximum atomic E-state index is 4.21. The van der Waals surface area contributed by atoms with Gasteiger partial charge in [-0.25, -0.2) is 4.98 Å². The van der Waals surface area contributed by atoms with E-state index in [4.69, 9.17) is 0 Å². The minimum absolute atomic E-state index is 0.976. The van der Waals surface area contributed by atoms with E-state index in [1.165, 1.54) is 5.57 Å². The van der Waals surface area contributed by atoms with Gasteiger partial charge >= 0.3 is 0 Å². The van der Waals surface area contributed by atoms with E-state index in [0.717, 1.165) is 18.8 Å². The lowest BCUT2D eigenvalue weighted by atomic mass is 10.2. The van der Waals surface area contributed by atoms with Crippen molar-refractivity contribution < 1.29 is 0 Å². The summed E-state index contributed by atoms with van der Waals surface area (Å²) in [7, 11) is 0. The molecule has 3 heteroatoms. The Morgan fingerprint density at radius 3 is 3.20 bits per heavy atom. The van der Waals surface area contributed by atoms with Crippen LogP contribution in [0.3, 0.4) is 0 Å². The number of rotatable bonds is 1. The second kappa shape index (κ2) is 2.52. The summed E-state index contributed by atoms with van der Waals surface area (Å²) < 4.78 is 0. The molecular weight excluding hydrogens is 144 g/mol. The molecule has 2 heterocycles. The highest BCUT2D eigenvalue weighted by atomic mass is 32.1. The summed E-state index contributed by atoms with van der Waals surface area (Å²) in [6, 6.07) is 0. The zero-order valence-corrected chi connectivity index (χ0v) is 6.32. The van der Waals surface area contributed by atoms with Gasteiger partial charge in [-0.1, -0.05) is 6.08 Å². The highest BCUT2D eigenvalue weighted by Gasteiger charge is 2.06. The first kappa shape index (κ1) is 6.07. The molecule has 0 aliphatic carbocycles. The Bertz CT molecular complexity index is 238. The van der Waals surface area contributed by atoms with Crippen molar-refractivity contribution in [3.05, 3.63) is 22.7 Å². The molecule has 1 N–H and O–H groups in total. The molecule has 2 nitrogen and oxygen atoms in total. The first-order valence-electron chi connectivity index (χ1n) is 3.25. The van der Waals surface area contributed by atoms with Gasteiger partial charge in [0.15, 0.2) is 0 Å². The second-order valence-corrected chi connectivity index (χ2v) is 2.95. The minimum Gasteiger partial charge on any atom is -0.309 e. The fourth-order valence-corrected chi connectivity index (χ4v) is 1.62. The molecule has 52 valence electrons. The molecule has 1 aromatic heterocycles. The van der Waals surface area contributed by atoms with E-state index in [-0.39, 0.29) is 0 Å². The molecular formula is C7H8N2S. The fourth-order valence-electron chi connectivity index (χ4n) is 1.04. The summed E-state index contributed by atoms with van der Waals surface area (Å²) in [6.07, 6.45) is 2.19. The number of nitrogens with zero attached hydrogens (tertiary/aromatic N) is 1. The average molecular weight is 152 g/mol. The molecule has 0 spiro atoms. The molecule has 0 amide bonds. The molecule has 0 fully saturated rings. The van der Waals surface area contributed by atoms with E-state index >= 15 is 0 Å². The molecule has 0 saturated carbocycles. The van der Waals surface area contributed by atoms with Crippen LogP contribution in [0.2, 0.25) is 0 Å². The maximum absolute atomic E-state index is 4.21. The van der Waals surface area contributed by atoms with Crippen molar-refractivity contribution >= 4 is 16.9 Å². The van der Waals surface area contributed by atoms with Gasteiger partial charge in [-0.3, -0.25) is 0 Å². The average Bonchev–Trinajstić information content (AvgIpc) is 2.59. The van der Waals surface area contributed by atoms with Gasteiger partial charge in [0.2, 0.25) is 0 Å². The molecule has 0 unspecified atom stereocenters. The summed E-state index contributed by atoms with van der Waals surface area (Å²) in [5.41, 5.74) is 4.34. The molecule has 0 aromatic carbocycles. The van der Waals surface area contributed by atoms with Crippen LogP contribution in [0.4, 0.5) is 0 Å². The lowest BCUT2D eigenvalue weighted by Gasteiger charge is -1.92. The summed E-state index contributed by atoms with van der Waals surface area (Å²) >= 11 is 1.65. The van der Waals surface area contributed by atoms with Gasteiger partial charge in [-0.15, -0.1) is 11.3 Å². The summed E-state index contributed by atoms with van der Waals surface area (Å²) in [6.45, 7) is 1.97. The van der Waals surface area contributed by atoms with Crippen molar-refractivity contribution in [1.82, 2.24) is 10.3 Å². The van der Waals surface area contributed by atoms with E-state index in [1.54, 1.807) is 11.3 Å². The van der Waals surface area contributed by atoms with E-state index in [9.17, 15) is 0 Å². The van der Waals surface area contributed by atoms with Gasteiger partial charge in [-0.2, -0.15) is 0 Å². The Balaban J connectivity index is 2.28. The molecule has 1 aromatic rings. The first-order chi connectivity index (χ1) is 4.97. The van der Waals surface area contributed by atoms with Crippen LogP contribution in [-0.2, 0) is 0 Å². The number of hydrogen-bond donors (Lipinski definition) is 1. The van der Waals surface area contributed by atoms with E-state index < -0.39 is 0 Å². The largest absolute Gasteiger partial charge is 0.309 e. The Hall–Kier alpha value is -0.670. The van der Waals surface area contributed by atoms with Crippen molar-refractivity contribution in [1.29, 1.82) is 0 Å². The summed E-state index contributed by atoms with van der Waals surface area (Å²) in [5.74, 6) is 0. The predicted molar refractivity (Wildman–Crippen MR) is 43.0 cm³/mol. The monoisotopic (exact) mass is 152 g/mol. The maximum Gasteiger partial charge on any atom is 0.0798 e. The quantitative estimate of drug-likeness (QED) is 0.652. The number of aromatic nitrogens is 1. The SMILES string of the molecule is C1=C(c2cscn2)CNC1.